The Morgan fingerprint density at radius 1 is 1.37 bits per heavy atom. The Morgan fingerprint density at radius 2 is 2.00 bits per heavy atom. The molecule has 1 aromatic rings. The van der Waals surface area contributed by atoms with E-state index in [0.29, 0.717) is 25.2 Å². The molecule has 0 aromatic heterocycles. The van der Waals surface area contributed by atoms with Crippen molar-refractivity contribution >= 4 is 22.4 Å². The van der Waals surface area contributed by atoms with Gasteiger partial charge >= 0.3 is 0 Å². The number of sulfonamides is 1. The lowest BCUT2D eigenvalue weighted by Crippen LogP contribution is -2.51. The maximum Gasteiger partial charge on any atom is 0.218 e. The largest absolute Gasteiger partial charge is 0.312 e. The monoisotopic (exact) mass is 308 g/mol. The van der Waals surface area contributed by atoms with Gasteiger partial charge in [0.2, 0.25) is 10.0 Å². The molecule has 0 spiro atoms. The van der Waals surface area contributed by atoms with Crippen molar-refractivity contribution in [3.63, 3.8) is 0 Å². The highest BCUT2D eigenvalue weighted by Crippen LogP contribution is 2.13. The van der Waals surface area contributed by atoms with E-state index in [1.54, 1.807) is 0 Å². The Labute approximate surface area is 119 Å². The molecule has 19 heavy (non-hydrogen) atoms. The summed E-state index contributed by atoms with van der Waals surface area (Å²) < 4.78 is 38.6. The first-order valence-electron chi connectivity index (χ1n) is 5.93. The highest BCUT2D eigenvalue weighted by atomic mass is 35.5. The average molecular weight is 309 g/mol. The topological polar surface area (TPSA) is 49.4 Å². The molecule has 7 heteroatoms. The van der Waals surface area contributed by atoms with E-state index in [0.717, 1.165) is 0 Å². The predicted octanol–water partition coefficient (Wildman–Crippen LogP) is 1.37. The lowest BCUT2D eigenvalue weighted by atomic mass is 10.2. The van der Waals surface area contributed by atoms with Crippen molar-refractivity contribution in [3.05, 3.63) is 35.6 Å². The maximum atomic E-state index is 12.8. The summed E-state index contributed by atoms with van der Waals surface area (Å²) in [6.07, 6.45) is 0. The first kappa shape index (κ1) is 16.4. The molecule has 108 valence electrons. The van der Waals surface area contributed by atoms with Gasteiger partial charge in [0.25, 0.3) is 0 Å². The van der Waals surface area contributed by atoms with Gasteiger partial charge in [0.1, 0.15) is 5.82 Å². The minimum atomic E-state index is -3.31. The van der Waals surface area contributed by atoms with Crippen LogP contribution in [0.25, 0.3) is 0 Å². The molecule has 0 aliphatic carbocycles. The number of nitrogens with one attached hydrogen (secondary N) is 1. The summed E-state index contributed by atoms with van der Waals surface area (Å²) in [5.41, 5.74) is 0.614. The van der Waals surface area contributed by atoms with E-state index in [1.165, 1.54) is 28.6 Å². The number of hydrogen-bond acceptors (Lipinski definition) is 3. The molecule has 1 atom stereocenters. The summed E-state index contributed by atoms with van der Waals surface area (Å²) in [5.74, 6) is -0.424. The van der Waals surface area contributed by atoms with Crippen LogP contribution in [-0.2, 0) is 15.8 Å². The van der Waals surface area contributed by atoms with Crippen LogP contribution in [0, 0.1) is 5.82 Å². The Hall–Kier alpha value is -0.690. The fraction of sp³-hybridized carbons (Fsp3) is 0.500. The van der Waals surface area contributed by atoms with Gasteiger partial charge < -0.3 is 5.32 Å². The van der Waals surface area contributed by atoms with Crippen LogP contribution in [0.1, 0.15) is 12.5 Å². The third kappa shape index (κ3) is 4.42. The molecule has 0 unspecified atom stereocenters. The van der Waals surface area contributed by atoms with Crippen molar-refractivity contribution in [2.24, 2.45) is 0 Å². The summed E-state index contributed by atoms with van der Waals surface area (Å²) in [6.45, 7) is 3.61. The van der Waals surface area contributed by atoms with Crippen molar-refractivity contribution in [2.75, 3.05) is 19.6 Å². The lowest BCUT2D eigenvalue weighted by Gasteiger charge is -2.31. The lowest BCUT2D eigenvalue weighted by molar-refractivity contribution is 0.310. The van der Waals surface area contributed by atoms with Crippen LogP contribution >= 0.6 is 12.4 Å². The SMILES string of the molecule is C[C@@H]1CN(S(=O)(=O)Cc2ccc(F)cc2)CCN1.Cl. The van der Waals surface area contributed by atoms with Crippen LogP contribution in [0.15, 0.2) is 24.3 Å². The van der Waals surface area contributed by atoms with Crippen LogP contribution in [0.4, 0.5) is 4.39 Å². The van der Waals surface area contributed by atoms with Crippen molar-refractivity contribution in [3.8, 4) is 0 Å². The molecule has 0 bridgehead atoms. The predicted molar refractivity (Wildman–Crippen MR) is 75.3 cm³/mol. The van der Waals surface area contributed by atoms with Crippen molar-refractivity contribution in [1.82, 2.24) is 9.62 Å². The summed E-state index contributed by atoms with van der Waals surface area (Å²) in [5, 5.41) is 3.20. The third-order valence-corrected chi connectivity index (χ3v) is 4.80. The molecule has 4 nitrogen and oxygen atoms in total. The molecular formula is C12H18ClFN2O2S. The van der Waals surface area contributed by atoms with Gasteiger partial charge in [-0.25, -0.2) is 12.8 Å². The van der Waals surface area contributed by atoms with E-state index < -0.39 is 10.0 Å². The van der Waals surface area contributed by atoms with Gasteiger partial charge in [-0.2, -0.15) is 4.31 Å². The van der Waals surface area contributed by atoms with Crippen LogP contribution < -0.4 is 5.32 Å². The molecule has 1 aliphatic rings. The molecule has 0 saturated carbocycles. The molecule has 0 radical (unpaired) electrons. The second-order valence-corrected chi connectivity index (χ2v) is 6.56. The molecule has 1 aromatic carbocycles. The Kier molecular flexibility index (Phi) is 5.73. The number of rotatable bonds is 3. The van der Waals surface area contributed by atoms with E-state index in [9.17, 15) is 12.8 Å². The van der Waals surface area contributed by atoms with E-state index in [-0.39, 0.29) is 30.0 Å². The zero-order chi connectivity index (χ0) is 13.2. The molecule has 0 amide bonds. The summed E-state index contributed by atoms with van der Waals surface area (Å²) in [4.78, 5) is 0. The summed E-state index contributed by atoms with van der Waals surface area (Å²) in [6, 6.07) is 5.76. The van der Waals surface area contributed by atoms with Crippen LogP contribution in [0.2, 0.25) is 0 Å². The number of piperazine rings is 1. The Balaban J connectivity index is 0.00000180. The molecule has 1 heterocycles. The van der Waals surface area contributed by atoms with Crippen LogP contribution in [0.3, 0.4) is 0 Å². The molecular weight excluding hydrogens is 291 g/mol. The van der Waals surface area contributed by atoms with Crippen LogP contribution in [0.5, 0.6) is 0 Å². The van der Waals surface area contributed by atoms with E-state index >= 15 is 0 Å². The van der Waals surface area contributed by atoms with Gasteiger partial charge in [0.15, 0.2) is 0 Å². The summed E-state index contributed by atoms with van der Waals surface area (Å²) >= 11 is 0. The fourth-order valence-electron chi connectivity index (χ4n) is 2.03. The molecule has 1 N–H and O–H groups in total. The maximum absolute atomic E-state index is 12.8. The quantitative estimate of drug-likeness (QED) is 0.917. The number of nitrogens with zero attached hydrogens (tertiary/aromatic N) is 1. The number of benzene rings is 1. The van der Waals surface area contributed by atoms with Crippen molar-refractivity contribution < 1.29 is 12.8 Å². The number of hydrogen-bond donors (Lipinski definition) is 1. The Bertz CT molecular complexity index is 507. The van der Waals surface area contributed by atoms with Crippen molar-refractivity contribution in [2.45, 2.75) is 18.7 Å². The van der Waals surface area contributed by atoms with E-state index in [1.807, 2.05) is 6.92 Å². The molecule has 1 fully saturated rings. The molecule has 1 aliphatic heterocycles. The third-order valence-electron chi connectivity index (χ3n) is 2.99. The highest BCUT2D eigenvalue weighted by molar-refractivity contribution is 7.88. The summed E-state index contributed by atoms with van der Waals surface area (Å²) in [7, 11) is -3.31. The van der Waals surface area contributed by atoms with Gasteiger partial charge in [-0.1, -0.05) is 12.1 Å². The molecule has 1 saturated heterocycles. The standard InChI is InChI=1S/C12H17FN2O2S.ClH/c1-10-8-15(7-6-14-10)18(16,17)9-11-2-4-12(13)5-3-11;/h2-5,10,14H,6-9H2,1H3;1H/t10-;/m1./s1. The number of halogens is 2. The normalized spacial score (nSPS) is 20.8. The van der Waals surface area contributed by atoms with Crippen LogP contribution in [-0.4, -0.2) is 38.4 Å². The first-order chi connectivity index (χ1) is 8.47. The average Bonchev–Trinajstić information content (AvgIpc) is 2.32. The zero-order valence-corrected chi connectivity index (χ0v) is 12.3. The van der Waals surface area contributed by atoms with Gasteiger partial charge in [0, 0.05) is 25.7 Å². The van der Waals surface area contributed by atoms with Gasteiger partial charge in [-0.3, -0.25) is 0 Å². The van der Waals surface area contributed by atoms with E-state index in [2.05, 4.69) is 5.32 Å². The fourth-order valence-corrected chi connectivity index (χ4v) is 3.65. The highest BCUT2D eigenvalue weighted by Gasteiger charge is 2.26. The second kappa shape index (κ2) is 6.65. The minimum Gasteiger partial charge on any atom is -0.312 e. The molecule has 2 rings (SSSR count). The van der Waals surface area contributed by atoms with E-state index in [4.69, 9.17) is 0 Å². The first-order valence-corrected chi connectivity index (χ1v) is 7.54. The Morgan fingerprint density at radius 3 is 2.58 bits per heavy atom. The van der Waals surface area contributed by atoms with Gasteiger partial charge in [-0.15, -0.1) is 12.4 Å². The minimum absolute atomic E-state index is 0. The zero-order valence-electron chi connectivity index (χ0n) is 10.7. The van der Waals surface area contributed by atoms with Gasteiger partial charge in [-0.05, 0) is 24.6 Å². The smallest absolute Gasteiger partial charge is 0.218 e. The van der Waals surface area contributed by atoms with Crippen molar-refractivity contribution in [1.29, 1.82) is 0 Å². The van der Waals surface area contributed by atoms with Gasteiger partial charge in [0.05, 0.1) is 5.75 Å². The second-order valence-electron chi connectivity index (χ2n) is 4.60.